The molecular weight excluding hydrogens is 258 g/mol. The summed E-state index contributed by atoms with van der Waals surface area (Å²) in [4.78, 5) is 12.9. The number of urea groups is 1. The van der Waals surface area contributed by atoms with Crippen LogP contribution in [0.1, 0.15) is 17.2 Å². The number of benzene rings is 1. The topological polar surface area (TPSA) is 44.4 Å². The Labute approximate surface area is 118 Å². The minimum absolute atomic E-state index is 0.0415. The number of nitrogens with zero attached hydrogens (tertiary/aromatic N) is 1. The van der Waals surface area contributed by atoms with E-state index < -0.39 is 0 Å². The average molecular weight is 279 g/mol. The second kappa shape index (κ2) is 6.82. The lowest BCUT2D eigenvalue weighted by molar-refractivity contribution is 0.217. The highest BCUT2D eigenvalue weighted by Gasteiger charge is 2.19. The summed E-state index contributed by atoms with van der Waals surface area (Å²) in [6.45, 7) is 1.44. The van der Waals surface area contributed by atoms with Crippen LogP contribution in [0.25, 0.3) is 0 Å². The Morgan fingerprint density at radius 3 is 2.95 bits per heavy atom. The van der Waals surface area contributed by atoms with Gasteiger partial charge in [-0.05, 0) is 11.1 Å². The highest BCUT2D eigenvalue weighted by molar-refractivity contribution is 7.98. The van der Waals surface area contributed by atoms with Gasteiger partial charge in [0, 0.05) is 44.7 Å². The highest BCUT2D eigenvalue weighted by atomic mass is 32.2. The Bertz CT molecular complexity index is 436. The molecule has 0 fully saturated rings. The SMILES string of the molecule is CN(C)C(=O)NCCNC1CSCc2ccccc21. The lowest BCUT2D eigenvalue weighted by Crippen LogP contribution is -2.39. The van der Waals surface area contributed by atoms with Crippen molar-refractivity contribution in [3.8, 4) is 0 Å². The van der Waals surface area contributed by atoms with Gasteiger partial charge < -0.3 is 15.5 Å². The minimum atomic E-state index is -0.0415. The molecule has 0 radical (unpaired) electrons. The fraction of sp³-hybridized carbons (Fsp3) is 0.500. The van der Waals surface area contributed by atoms with E-state index in [9.17, 15) is 4.79 Å². The molecule has 104 valence electrons. The molecule has 0 saturated carbocycles. The van der Waals surface area contributed by atoms with E-state index in [0.717, 1.165) is 18.1 Å². The lowest BCUT2D eigenvalue weighted by Gasteiger charge is -2.26. The van der Waals surface area contributed by atoms with Crippen LogP contribution in [0.3, 0.4) is 0 Å². The molecule has 1 heterocycles. The molecule has 0 aromatic heterocycles. The van der Waals surface area contributed by atoms with E-state index in [-0.39, 0.29) is 6.03 Å². The van der Waals surface area contributed by atoms with Crippen molar-refractivity contribution < 1.29 is 4.79 Å². The Balaban J connectivity index is 1.80. The first kappa shape index (κ1) is 14.2. The van der Waals surface area contributed by atoms with Gasteiger partial charge in [0.1, 0.15) is 0 Å². The maximum atomic E-state index is 11.4. The van der Waals surface area contributed by atoms with Gasteiger partial charge in [-0.2, -0.15) is 11.8 Å². The second-order valence-corrected chi connectivity index (χ2v) is 5.88. The molecule has 1 aromatic rings. The van der Waals surface area contributed by atoms with E-state index in [2.05, 4.69) is 34.9 Å². The van der Waals surface area contributed by atoms with Crippen molar-refractivity contribution in [2.45, 2.75) is 11.8 Å². The number of fused-ring (bicyclic) bond motifs is 1. The molecule has 2 N–H and O–H groups in total. The molecule has 0 aliphatic carbocycles. The Kier molecular flexibility index (Phi) is 5.10. The highest BCUT2D eigenvalue weighted by Crippen LogP contribution is 2.31. The van der Waals surface area contributed by atoms with Crippen molar-refractivity contribution in [2.75, 3.05) is 32.9 Å². The number of thioether (sulfide) groups is 1. The molecule has 2 amide bonds. The van der Waals surface area contributed by atoms with E-state index in [0.29, 0.717) is 12.6 Å². The summed E-state index contributed by atoms with van der Waals surface area (Å²) in [7, 11) is 3.49. The van der Waals surface area contributed by atoms with Crippen LogP contribution in [0.4, 0.5) is 4.79 Å². The van der Waals surface area contributed by atoms with Crippen LogP contribution in [0, 0.1) is 0 Å². The quantitative estimate of drug-likeness (QED) is 0.827. The van der Waals surface area contributed by atoms with E-state index in [1.165, 1.54) is 11.1 Å². The first-order chi connectivity index (χ1) is 9.18. The van der Waals surface area contributed by atoms with Gasteiger partial charge >= 0.3 is 6.03 Å². The minimum Gasteiger partial charge on any atom is -0.337 e. The van der Waals surface area contributed by atoms with Crippen LogP contribution in [0.5, 0.6) is 0 Å². The predicted octanol–water partition coefficient (Wildman–Crippen LogP) is 1.84. The molecule has 4 nitrogen and oxygen atoms in total. The van der Waals surface area contributed by atoms with Gasteiger partial charge in [-0.25, -0.2) is 4.79 Å². The van der Waals surface area contributed by atoms with Crippen molar-refractivity contribution >= 4 is 17.8 Å². The third-order valence-corrected chi connectivity index (χ3v) is 4.25. The average Bonchev–Trinajstić information content (AvgIpc) is 2.43. The van der Waals surface area contributed by atoms with Gasteiger partial charge in [0.25, 0.3) is 0 Å². The summed E-state index contributed by atoms with van der Waals surface area (Å²) in [5.41, 5.74) is 2.83. The zero-order valence-corrected chi connectivity index (χ0v) is 12.3. The number of carbonyl (C=O) groups is 1. The molecule has 5 heteroatoms. The van der Waals surface area contributed by atoms with Crippen LogP contribution in [0.2, 0.25) is 0 Å². The number of rotatable bonds is 4. The molecule has 1 unspecified atom stereocenters. The van der Waals surface area contributed by atoms with Gasteiger partial charge in [-0.1, -0.05) is 24.3 Å². The van der Waals surface area contributed by atoms with E-state index in [1.807, 2.05) is 11.8 Å². The number of hydrogen-bond donors (Lipinski definition) is 2. The summed E-state index contributed by atoms with van der Waals surface area (Å²) >= 11 is 1.96. The standard InChI is InChI=1S/C14H21N3OS/c1-17(2)14(18)16-8-7-15-13-10-19-9-11-5-3-4-6-12(11)13/h3-6,13,15H,7-10H2,1-2H3,(H,16,18). The first-order valence-corrected chi connectivity index (χ1v) is 7.68. The zero-order chi connectivity index (χ0) is 13.7. The summed E-state index contributed by atoms with van der Waals surface area (Å²) in [5.74, 6) is 2.20. The van der Waals surface area contributed by atoms with Crippen molar-refractivity contribution in [2.24, 2.45) is 0 Å². The number of carbonyl (C=O) groups excluding carboxylic acids is 1. The predicted molar refractivity (Wildman–Crippen MR) is 80.4 cm³/mol. The van der Waals surface area contributed by atoms with Gasteiger partial charge in [-0.3, -0.25) is 0 Å². The third-order valence-electron chi connectivity index (χ3n) is 3.17. The smallest absolute Gasteiger partial charge is 0.316 e. The van der Waals surface area contributed by atoms with Crippen molar-refractivity contribution in [3.63, 3.8) is 0 Å². The van der Waals surface area contributed by atoms with Crippen LogP contribution in [-0.4, -0.2) is 43.9 Å². The van der Waals surface area contributed by atoms with Crippen LogP contribution in [-0.2, 0) is 5.75 Å². The molecule has 1 aliphatic rings. The van der Waals surface area contributed by atoms with Crippen molar-refractivity contribution in [1.29, 1.82) is 0 Å². The number of hydrogen-bond acceptors (Lipinski definition) is 3. The van der Waals surface area contributed by atoms with Gasteiger partial charge in [-0.15, -0.1) is 0 Å². The fourth-order valence-electron chi connectivity index (χ4n) is 2.12. The van der Waals surface area contributed by atoms with Crippen LogP contribution >= 0.6 is 11.8 Å². The maximum Gasteiger partial charge on any atom is 0.316 e. The Morgan fingerprint density at radius 2 is 2.16 bits per heavy atom. The zero-order valence-electron chi connectivity index (χ0n) is 11.5. The van der Waals surface area contributed by atoms with Gasteiger partial charge in [0.2, 0.25) is 0 Å². The van der Waals surface area contributed by atoms with E-state index in [1.54, 1.807) is 19.0 Å². The summed E-state index contributed by atoms with van der Waals surface area (Å²) < 4.78 is 0. The number of nitrogens with one attached hydrogen (secondary N) is 2. The first-order valence-electron chi connectivity index (χ1n) is 6.52. The second-order valence-electron chi connectivity index (χ2n) is 4.85. The summed E-state index contributed by atoms with van der Waals surface area (Å²) in [6.07, 6.45) is 0. The molecule has 1 aromatic carbocycles. The molecule has 19 heavy (non-hydrogen) atoms. The molecule has 2 rings (SSSR count). The molecule has 0 spiro atoms. The lowest BCUT2D eigenvalue weighted by atomic mass is 10.0. The third kappa shape index (κ3) is 3.88. The summed E-state index contributed by atoms with van der Waals surface area (Å²) in [5, 5.41) is 6.38. The van der Waals surface area contributed by atoms with E-state index >= 15 is 0 Å². The van der Waals surface area contributed by atoms with Crippen LogP contribution in [0.15, 0.2) is 24.3 Å². The molecular formula is C14H21N3OS. The Hall–Kier alpha value is -1.20. The molecule has 0 saturated heterocycles. The van der Waals surface area contributed by atoms with Gasteiger partial charge in [0.15, 0.2) is 0 Å². The monoisotopic (exact) mass is 279 g/mol. The molecule has 1 aliphatic heterocycles. The van der Waals surface area contributed by atoms with Crippen molar-refractivity contribution in [1.82, 2.24) is 15.5 Å². The van der Waals surface area contributed by atoms with Crippen molar-refractivity contribution in [3.05, 3.63) is 35.4 Å². The maximum absolute atomic E-state index is 11.4. The Morgan fingerprint density at radius 1 is 1.37 bits per heavy atom. The normalized spacial score (nSPS) is 17.7. The fourth-order valence-corrected chi connectivity index (χ4v) is 3.26. The summed E-state index contributed by atoms with van der Waals surface area (Å²) in [6, 6.07) is 8.94. The largest absolute Gasteiger partial charge is 0.337 e. The molecule has 0 bridgehead atoms. The van der Waals surface area contributed by atoms with Gasteiger partial charge in [0.05, 0.1) is 0 Å². The van der Waals surface area contributed by atoms with E-state index in [4.69, 9.17) is 0 Å². The number of amides is 2. The van der Waals surface area contributed by atoms with Crippen LogP contribution < -0.4 is 10.6 Å². The molecule has 1 atom stereocenters.